The predicted octanol–water partition coefficient (Wildman–Crippen LogP) is 3.17. The van der Waals surface area contributed by atoms with E-state index in [0.717, 1.165) is 5.75 Å². The van der Waals surface area contributed by atoms with Crippen molar-refractivity contribution >= 4 is 0 Å². The quantitative estimate of drug-likeness (QED) is 0.829. The van der Waals surface area contributed by atoms with Crippen LogP contribution < -0.4 is 10.5 Å². The second-order valence-corrected chi connectivity index (χ2v) is 4.95. The molecule has 0 aliphatic rings. The smallest absolute Gasteiger partial charge is 0.119 e. The zero-order chi connectivity index (χ0) is 12.1. The first-order valence-corrected chi connectivity index (χ1v) is 5.99. The van der Waals surface area contributed by atoms with Crippen LogP contribution in [-0.4, -0.2) is 12.6 Å². The Hall–Kier alpha value is -1.02. The van der Waals surface area contributed by atoms with Crippen molar-refractivity contribution in [2.75, 3.05) is 6.61 Å². The van der Waals surface area contributed by atoms with Gasteiger partial charge in [0.2, 0.25) is 0 Å². The van der Waals surface area contributed by atoms with Crippen molar-refractivity contribution in [3.63, 3.8) is 0 Å². The van der Waals surface area contributed by atoms with Gasteiger partial charge in [-0.05, 0) is 29.5 Å². The number of nitrogens with two attached hydrogens (primary N) is 1. The first kappa shape index (κ1) is 13.0. The third-order valence-electron chi connectivity index (χ3n) is 2.82. The molecule has 0 spiro atoms. The van der Waals surface area contributed by atoms with Gasteiger partial charge in [0.25, 0.3) is 0 Å². The monoisotopic (exact) mass is 221 g/mol. The van der Waals surface area contributed by atoms with E-state index in [1.807, 2.05) is 12.1 Å². The molecule has 0 aromatic heterocycles. The van der Waals surface area contributed by atoms with Gasteiger partial charge in [-0.1, -0.05) is 39.8 Å². The molecule has 0 aliphatic heterocycles. The molecule has 1 rings (SSSR count). The molecule has 1 aromatic carbocycles. The van der Waals surface area contributed by atoms with Crippen molar-refractivity contribution in [3.05, 3.63) is 29.8 Å². The maximum Gasteiger partial charge on any atom is 0.119 e. The van der Waals surface area contributed by atoms with E-state index < -0.39 is 0 Å². The molecule has 0 radical (unpaired) electrons. The van der Waals surface area contributed by atoms with Crippen LogP contribution in [0.25, 0.3) is 0 Å². The summed E-state index contributed by atoms with van der Waals surface area (Å²) in [6.45, 7) is 9.16. The fourth-order valence-electron chi connectivity index (χ4n) is 1.35. The summed E-state index contributed by atoms with van der Waals surface area (Å²) in [5, 5.41) is 0. The lowest BCUT2D eigenvalue weighted by molar-refractivity contribution is 0.259. The lowest BCUT2D eigenvalue weighted by atomic mass is 10.0. The van der Waals surface area contributed by atoms with Gasteiger partial charge in [0.1, 0.15) is 12.4 Å². The summed E-state index contributed by atoms with van der Waals surface area (Å²) in [6, 6.07) is 8.34. The van der Waals surface area contributed by atoms with Gasteiger partial charge in [0, 0.05) is 6.04 Å². The zero-order valence-electron chi connectivity index (χ0n) is 10.7. The fraction of sp³-hybridized carbons (Fsp3) is 0.571. The lowest BCUT2D eigenvalue weighted by Crippen LogP contribution is -2.33. The largest absolute Gasteiger partial charge is 0.492 e. The minimum absolute atomic E-state index is 0.0997. The summed E-state index contributed by atoms with van der Waals surface area (Å²) in [6.07, 6.45) is 0. The summed E-state index contributed by atoms with van der Waals surface area (Å²) in [4.78, 5) is 0. The van der Waals surface area contributed by atoms with Crippen molar-refractivity contribution < 1.29 is 4.74 Å². The molecule has 0 amide bonds. The molecule has 0 fully saturated rings. The number of ether oxygens (including phenoxy) is 1. The Morgan fingerprint density at radius 3 is 2.44 bits per heavy atom. The van der Waals surface area contributed by atoms with E-state index >= 15 is 0 Å². The molecule has 1 atom stereocenters. The Morgan fingerprint density at radius 1 is 1.19 bits per heavy atom. The van der Waals surface area contributed by atoms with Crippen LogP contribution in [-0.2, 0) is 0 Å². The summed E-state index contributed by atoms with van der Waals surface area (Å²) in [5.41, 5.74) is 7.24. The van der Waals surface area contributed by atoms with Crippen LogP contribution in [0.3, 0.4) is 0 Å². The molecule has 1 aromatic rings. The molecule has 0 aliphatic carbocycles. The van der Waals surface area contributed by atoms with E-state index in [-0.39, 0.29) is 6.04 Å². The van der Waals surface area contributed by atoms with Crippen LogP contribution in [0.15, 0.2) is 24.3 Å². The number of hydrogen-bond donors (Lipinski definition) is 1. The Balaban J connectivity index is 2.57. The Morgan fingerprint density at radius 2 is 1.88 bits per heavy atom. The lowest BCUT2D eigenvalue weighted by Gasteiger charge is -2.17. The van der Waals surface area contributed by atoms with Gasteiger partial charge in [-0.2, -0.15) is 0 Å². The number of rotatable bonds is 5. The van der Waals surface area contributed by atoms with E-state index in [0.29, 0.717) is 18.4 Å². The van der Waals surface area contributed by atoms with Gasteiger partial charge in [-0.25, -0.2) is 0 Å². The highest BCUT2D eigenvalue weighted by atomic mass is 16.5. The topological polar surface area (TPSA) is 35.2 Å². The summed E-state index contributed by atoms with van der Waals surface area (Å²) in [5.74, 6) is 1.90. The van der Waals surface area contributed by atoms with Gasteiger partial charge in [-0.15, -0.1) is 0 Å². The van der Waals surface area contributed by atoms with Crippen molar-refractivity contribution in [2.45, 2.75) is 39.7 Å². The van der Waals surface area contributed by atoms with E-state index in [9.17, 15) is 0 Å². The van der Waals surface area contributed by atoms with Crippen LogP contribution in [0, 0.1) is 5.92 Å². The Kier molecular flexibility index (Phi) is 4.81. The standard InChI is InChI=1S/C14H23NO/c1-10(2)12-6-5-7-13(8-12)16-9-14(15)11(3)4/h5-8,10-11,14H,9,15H2,1-4H3/t14-/m1/s1. The van der Waals surface area contributed by atoms with E-state index in [4.69, 9.17) is 10.5 Å². The minimum atomic E-state index is 0.0997. The average Bonchev–Trinajstić information content (AvgIpc) is 2.26. The average molecular weight is 221 g/mol. The zero-order valence-corrected chi connectivity index (χ0v) is 10.7. The molecule has 0 saturated carbocycles. The van der Waals surface area contributed by atoms with E-state index in [1.165, 1.54) is 5.56 Å². The highest BCUT2D eigenvalue weighted by Gasteiger charge is 2.08. The van der Waals surface area contributed by atoms with E-state index in [2.05, 4.69) is 39.8 Å². The first-order chi connectivity index (χ1) is 7.50. The first-order valence-electron chi connectivity index (χ1n) is 5.99. The summed E-state index contributed by atoms with van der Waals surface area (Å²) >= 11 is 0. The van der Waals surface area contributed by atoms with Crippen molar-refractivity contribution in [1.82, 2.24) is 0 Å². The third-order valence-corrected chi connectivity index (χ3v) is 2.82. The van der Waals surface area contributed by atoms with Crippen LogP contribution >= 0.6 is 0 Å². The molecule has 2 N–H and O–H groups in total. The normalized spacial score (nSPS) is 13.2. The molecule has 0 saturated heterocycles. The summed E-state index contributed by atoms with van der Waals surface area (Å²) < 4.78 is 5.69. The predicted molar refractivity (Wildman–Crippen MR) is 68.8 cm³/mol. The van der Waals surface area contributed by atoms with Crippen LogP contribution in [0.5, 0.6) is 5.75 Å². The molecular weight excluding hydrogens is 198 g/mol. The Labute approximate surface area is 98.8 Å². The van der Waals surface area contributed by atoms with Crippen molar-refractivity contribution in [3.8, 4) is 5.75 Å². The molecule has 2 nitrogen and oxygen atoms in total. The van der Waals surface area contributed by atoms with Gasteiger partial charge >= 0.3 is 0 Å². The highest BCUT2D eigenvalue weighted by Crippen LogP contribution is 2.20. The third kappa shape index (κ3) is 3.86. The number of hydrogen-bond acceptors (Lipinski definition) is 2. The number of benzene rings is 1. The molecule has 2 heteroatoms. The molecular formula is C14H23NO. The highest BCUT2D eigenvalue weighted by molar-refractivity contribution is 5.30. The summed E-state index contributed by atoms with van der Waals surface area (Å²) in [7, 11) is 0. The molecule has 0 unspecified atom stereocenters. The van der Waals surface area contributed by atoms with E-state index in [1.54, 1.807) is 0 Å². The fourth-order valence-corrected chi connectivity index (χ4v) is 1.35. The molecule has 0 heterocycles. The SMILES string of the molecule is CC(C)c1cccc(OC[C@@H](N)C(C)C)c1. The molecule has 0 bridgehead atoms. The van der Waals surface area contributed by atoms with Crippen LogP contribution in [0.4, 0.5) is 0 Å². The van der Waals surface area contributed by atoms with Crippen LogP contribution in [0.2, 0.25) is 0 Å². The van der Waals surface area contributed by atoms with Gasteiger partial charge in [0.15, 0.2) is 0 Å². The maximum absolute atomic E-state index is 5.94. The molecule has 90 valence electrons. The second-order valence-electron chi connectivity index (χ2n) is 4.95. The van der Waals surface area contributed by atoms with Crippen molar-refractivity contribution in [1.29, 1.82) is 0 Å². The van der Waals surface area contributed by atoms with Crippen LogP contribution in [0.1, 0.15) is 39.2 Å². The van der Waals surface area contributed by atoms with Gasteiger partial charge in [-0.3, -0.25) is 0 Å². The second kappa shape index (κ2) is 5.90. The minimum Gasteiger partial charge on any atom is -0.492 e. The molecule has 16 heavy (non-hydrogen) atoms. The van der Waals surface area contributed by atoms with Gasteiger partial charge < -0.3 is 10.5 Å². The Bertz CT molecular complexity index is 320. The van der Waals surface area contributed by atoms with Crippen molar-refractivity contribution in [2.24, 2.45) is 11.7 Å². The maximum atomic E-state index is 5.94. The van der Waals surface area contributed by atoms with Gasteiger partial charge in [0.05, 0.1) is 0 Å².